The highest BCUT2D eigenvalue weighted by Gasteiger charge is 2.29. The summed E-state index contributed by atoms with van der Waals surface area (Å²) in [5.74, 6) is 0.916. The van der Waals surface area contributed by atoms with Crippen LogP contribution in [0.25, 0.3) is 0 Å². The van der Waals surface area contributed by atoms with Gasteiger partial charge < -0.3 is 14.6 Å². The number of fused-ring (bicyclic) bond motifs is 1. The Morgan fingerprint density at radius 2 is 2.05 bits per heavy atom. The van der Waals surface area contributed by atoms with Crippen molar-refractivity contribution in [1.29, 1.82) is 0 Å². The number of ether oxygens (including phenoxy) is 1. The van der Waals surface area contributed by atoms with Gasteiger partial charge in [-0.1, -0.05) is 12.1 Å². The highest BCUT2D eigenvalue weighted by atomic mass is 19.4. The maximum absolute atomic E-state index is 12.5. The van der Waals surface area contributed by atoms with E-state index in [0.717, 1.165) is 30.1 Å². The molecule has 0 aliphatic carbocycles. The molecule has 1 aromatic heterocycles. The van der Waals surface area contributed by atoms with Gasteiger partial charge in [-0.15, -0.1) is 0 Å². The zero-order valence-electron chi connectivity index (χ0n) is 11.8. The second-order valence-corrected chi connectivity index (χ2v) is 5.25. The number of imidazole rings is 1. The van der Waals surface area contributed by atoms with E-state index in [1.165, 1.54) is 12.1 Å². The van der Waals surface area contributed by atoms with Gasteiger partial charge in [0.2, 0.25) is 0 Å². The van der Waals surface area contributed by atoms with Crippen molar-refractivity contribution in [2.45, 2.75) is 32.0 Å². The van der Waals surface area contributed by atoms with E-state index in [1.54, 1.807) is 6.20 Å². The molecule has 22 heavy (non-hydrogen) atoms. The summed E-state index contributed by atoms with van der Waals surface area (Å²) in [6.45, 7) is 2.36. The molecule has 4 nitrogen and oxygen atoms in total. The number of nitrogens with zero attached hydrogens (tertiary/aromatic N) is 2. The number of hydrogen-bond acceptors (Lipinski definition) is 3. The van der Waals surface area contributed by atoms with Crippen molar-refractivity contribution in [2.75, 3.05) is 6.54 Å². The summed E-state index contributed by atoms with van der Waals surface area (Å²) in [4.78, 5) is 4.17. The van der Waals surface area contributed by atoms with Crippen LogP contribution in [0.1, 0.15) is 17.0 Å². The summed E-state index contributed by atoms with van der Waals surface area (Å²) in [7, 11) is 0. The minimum absolute atomic E-state index is 0.0381. The van der Waals surface area contributed by atoms with Gasteiger partial charge in [0.1, 0.15) is 12.4 Å². The van der Waals surface area contributed by atoms with E-state index >= 15 is 0 Å². The molecule has 1 atom stereocenters. The van der Waals surface area contributed by atoms with Crippen molar-refractivity contribution in [3.8, 4) is 0 Å². The third kappa shape index (κ3) is 3.48. The van der Waals surface area contributed by atoms with E-state index < -0.39 is 11.7 Å². The second kappa shape index (κ2) is 6.10. The molecule has 7 heteroatoms. The van der Waals surface area contributed by atoms with Gasteiger partial charge in [-0.3, -0.25) is 0 Å². The summed E-state index contributed by atoms with van der Waals surface area (Å²) in [5.41, 5.74) is 0.187. The van der Waals surface area contributed by atoms with E-state index in [0.29, 0.717) is 19.7 Å². The smallest absolute Gasteiger partial charge is 0.367 e. The predicted octanol–water partition coefficient (Wildman–Crippen LogP) is 2.59. The molecule has 1 aliphatic heterocycles. The third-order valence-electron chi connectivity index (χ3n) is 3.63. The number of aromatic nitrogens is 2. The highest BCUT2D eigenvalue weighted by Crippen LogP contribution is 2.29. The normalized spacial score (nSPS) is 18.2. The Balaban J connectivity index is 1.48. The van der Waals surface area contributed by atoms with Crippen LogP contribution < -0.4 is 5.32 Å². The van der Waals surface area contributed by atoms with Gasteiger partial charge in [-0.25, -0.2) is 4.98 Å². The quantitative estimate of drug-likeness (QED) is 0.943. The molecule has 0 spiro atoms. The monoisotopic (exact) mass is 311 g/mol. The number of rotatable bonds is 4. The average molecular weight is 311 g/mol. The number of benzene rings is 1. The average Bonchev–Trinajstić information content (AvgIpc) is 2.94. The summed E-state index contributed by atoms with van der Waals surface area (Å²) in [5, 5.41) is 3.21. The fraction of sp³-hybridized carbons (Fsp3) is 0.400. The molecule has 0 fully saturated rings. The molecule has 0 saturated carbocycles. The number of halogens is 3. The summed E-state index contributed by atoms with van der Waals surface area (Å²) in [6.07, 6.45) is -0.585. The first-order valence-electron chi connectivity index (χ1n) is 7.01. The van der Waals surface area contributed by atoms with Crippen molar-refractivity contribution >= 4 is 0 Å². The largest absolute Gasteiger partial charge is 0.416 e. The second-order valence-electron chi connectivity index (χ2n) is 5.25. The zero-order valence-corrected chi connectivity index (χ0v) is 11.8. The van der Waals surface area contributed by atoms with Crippen molar-refractivity contribution in [3.05, 3.63) is 53.6 Å². The van der Waals surface area contributed by atoms with Gasteiger partial charge in [-0.2, -0.15) is 13.2 Å². The minimum Gasteiger partial charge on any atom is -0.367 e. The Morgan fingerprint density at radius 1 is 1.27 bits per heavy atom. The first-order chi connectivity index (χ1) is 10.5. The van der Waals surface area contributed by atoms with E-state index in [-0.39, 0.29) is 6.10 Å². The molecular weight excluding hydrogens is 295 g/mol. The molecule has 0 radical (unpaired) electrons. The van der Waals surface area contributed by atoms with Crippen LogP contribution in [0.2, 0.25) is 0 Å². The maximum Gasteiger partial charge on any atom is 0.416 e. The van der Waals surface area contributed by atoms with Crippen molar-refractivity contribution < 1.29 is 17.9 Å². The van der Waals surface area contributed by atoms with Gasteiger partial charge in [0.15, 0.2) is 0 Å². The molecule has 2 heterocycles. The molecule has 3 rings (SSSR count). The van der Waals surface area contributed by atoms with Crippen LogP contribution in [0.15, 0.2) is 36.7 Å². The maximum atomic E-state index is 12.5. The van der Waals surface area contributed by atoms with Crippen LogP contribution in [0.5, 0.6) is 0 Å². The lowest BCUT2D eigenvalue weighted by molar-refractivity contribution is -0.137. The van der Waals surface area contributed by atoms with E-state index in [9.17, 15) is 13.2 Å². The van der Waals surface area contributed by atoms with Crippen LogP contribution in [0.3, 0.4) is 0 Å². The predicted molar refractivity (Wildman–Crippen MR) is 74.0 cm³/mol. The Kier molecular flexibility index (Phi) is 4.17. The standard InChI is InChI=1S/C15H16F3N3O/c16-15(17,18)12-3-1-11(2-4-12)7-19-8-13-9-21-6-5-20-14(21)10-22-13/h1-6,13,19H,7-10H2/t13-/m0/s1. The van der Waals surface area contributed by atoms with Gasteiger partial charge in [0.25, 0.3) is 0 Å². The molecule has 0 unspecified atom stereocenters. The van der Waals surface area contributed by atoms with Gasteiger partial charge in [-0.05, 0) is 17.7 Å². The van der Waals surface area contributed by atoms with Crippen LogP contribution in [0, 0.1) is 0 Å². The van der Waals surface area contributed by atoms with Gasteiger partial charge in [0.05, 0.1) is 18.2 Å². The molecule has 1 aliphatic rings. The topological polar surface area (TPSA) is 39.1 Å². The van der Waals surface area contributed by atoms with Crippen LogP contribution in [-0.4, -0.2) is 22.2 Å². The summed E-state index contributed by atoms with van der Waals surface area (Å²) in [6, 6.07) is 5.19. The van der Waals surface area contributed by atoms with Crippen LogP contribution >= 0.6 is 0 Å². The van der Waals surface area contributed by atoms with Gasteiger partial charge >= 0.3 is 6.18 Å². The third-order valence-corrected chi connectivity index (χ3v) is 3.63. The van der Waals surface area contributed by atoms with Crippen LogP contribution in [0.4, 0.5) is 13.2 Å². The Morgan fingerprint density at radius 3 is 2.77 bits per heavy atom. The first kappa shape index (κ1) is 15.1. The lowest BCUT2D eigenvalue weighted by Gasteiger charge is -2.24. The lowest BCUT2D eigenvalue weighted by Crippen LogP contribution is -2.35. The Hall–Kier alpha value is -1.86. The lowest BCUT2D eigenvalue weighted by atomic mass is 10.1. The SMILES string of the molecule is FC(F)(F)c1ccc(CNC[C@H]2Cn3ccnc3CO2)cc1. The highest BCUT2D eigenvalue weighted by molar-refractivity contribution is 5.24. The van der Waals surface area contributed by atoms with E-state index in [2.05, 4.69) is 10.3 Å². The van der Waals surface area contributed by atoms with Gasteiger partial charge in [0, 0.05) is 25.5 Å². The first-order valence-corrected chi connectivity index (χ1v) is 7.01. The number of nitrogens with one attached hydrogen (secondary N) is 1. The van der Waals surface area contributed by atoms with Crippen LogP contribution in [-0.2, 0) is 30.6 Å². The Bertz CT molecular complexity index is 622. The Labute approximate surface area is 125 Å². The molecule has 2 aromatic rings. The number of hydrogen-bond donors (Lipinski definition) is 1. The summed E-state index contributed by atoms with van der Waals surface area (Å²) < 4.78 is 45.1. The van der Waals surface area contributed by atoms with Crippen molar-refractivity contribution in [1.82, 2.24) is 14.9 Å². The van der Waals surface area contributed by atoms with Crippen molar-refractivity contribution in [2.24, 2.45) is 0 Å². The van der Waals surface area contributed by atoms with E-state index in [1.807, 2.05) is 10.8 Å². The molecule has 118 valence electrons. The minimum atomic E-state index is -4.29. The van der Waals surface area contributed by atoms with Crippen molar-refractivity contribution in [3.63, 3.8) is 0 Å². The molecule has 1 aromatic carbocycles. The molecular formula is C15H16F3N3O. The number of alkyl halides is 3. The fourth-order valence-electron chi connectivity index (χ4n) is 2.42. The molecule has 1 N–H and O–H groups in total. The molecule has 0 saturated heterocycles. The van der Waals surface area contributed by atoms with E-state index in [4.69, 9.17) is 4.74 Å². The zero-order chi connectivity index (χ0) is 15.6. The summed E-state index contributed by atoms with van der Waals surface area (Å²) >= 11 is 0. The molecule has 0 amide bonds. The molecule has 0 bridgehead atoms. The fourth-order valence-corrected chi connectivity index (χ4v) is 2.42.